The smallest absolute Gasteiger partial charge is 0.141 e. The van der Waals surface area contributed by atoms with Crippen LogP contribution in [0.1, 0.15) is 17.7 Å². The van der Waals surface area contributed by atoms with Crippen LogP contribution >= 0.6 is 27.5 Å². The molecule has 3 N–H and O–H groups in total. The quantitative estimate of drug-likeness (QED) is 0.294. The fourth-order valence-corrected chi connectivity index (χ4v) is 4.00. The molecular formula is C22H18BrClFN7O. The van der Waals surface area contributed by atoms with Crippen molar-refractivity contribution in [1.82, 2.24) is 20.0 Å². The standard InChI is InChI=1S/C22H18BrClFN7O/c23-18-7-15(27-11-16-12-32(31-30-16)4-1-5-33)6-17-21(13(9-26)10-28-22(17)18)29-14-2-3-20(25)19(24)8-14/h2-3,6-8,10,12,27,33H,1,4-5,11H2,(H,28,29). The monoisotopic (exact) mass is 529 g/mol. The molecule has 8 nitrogen and oxygen atoms in total. The molecule has 0 aliphatic rings. The number of anilines is 3. The lowest BCUT2D eigenvalue weighted by Crippen LogP contribution is -2.02. The minimum absolute atomic E-state index is 0.0209. The van der Waals surface area contributed by atoms with E-state index in [-0.39, 0.29) is 11.6 Å². The van der Waals surface area contributed by atoms with Gasteiger partial charge in [-0.15, -0.1) is 5.10 Å². The Morgan fingerprint density at radius 1 is 1.24 bits per heavy atom. The highest BCUT2D eigenvalue weighted by molar-refractivity contribution is 9.10. The zero-order valence-corrected chi connectivity index (χ0v) is 19.5. The van der Waals surface area contributed by atoms with E-state index >= 15 is 0 Å². The average Bonchev–Trinajstić information content (AvgIpc) is 3.27. The number of aromatic nitrogens is 4. The number of benzene rings is 2. The lowest BCUT2D eigenvalue weighted by Gasteiger charge is -2.14. The van der Waals surface area contributed by atoms with Crippen LogP contribution in [0.25, 0.3) is 10.9 Å². The van der Waals surface area contributed by atoms with E-state index in [2.05, 4.69) is 47.9 Å². The number of nitriles is 1. The topological polar surface area (TPSA) is 112 Å². The van der Waals surface area contributed by atoms with Gasteiger partial charge in [0.1, 0.15) is 17.6 Å². The molecule has 0 spiro atoms. The van der Waals surface area contributed by atoms with Crippen molar-refractivity contribution in [1.29, 1.82) is 5.26 Å². The largest absolute Gasteiger partial charge is 0.396 e. The number of nitrogens with zero attached hydrogens (tertiary/aromatic N) is 5. The maximum Gasteiger partial charge on any atom is 0.141 e. The molecule has 0 bridgehead atoms. The van der Waals surface area contributed by atoms with Crippen LogP contribution in [-0.2, 0) is 13.1 Å². The first-order chi connectivity index (χ1) is 16.0. The van der Waals surface area contributed by atoms with Gasteiger partial charge >= 0.3 is 0 Å². The van der Waals surface area contributed by atoms with Gasteiger partial charge in [0.2, 0.25) is 0 Å². The number of rotatable bonds is 8. The van der Waals surface area contributed by atoms with Crippen molar-refractivity contribution < 1.29 is 9.50 Å². The van der Waals surface area contributed by atoms with Crippen molar-refractivity contribution in [3.63, 3.8) is 0 Å². The number of pyridine rings is 1. The van der Waals surface area contributed by atoms with Gasteiger partial charge in [-0.3, -0.25) is 9.67 Å². The zero-order valence-electron chi connectivity index (χ0n) is 17.2. The highest BCUT2D eigenvalue weighted by atomic mass is 79.9. The molecule has 0 radical (unpaired) electrons. The van der Waals surface area contributed by atoms with Gasteiger partial charge in [-0.05, 0) is 52.7 Å². The molecule has 11 heteroatoms. The summed E-state index contributed by atoms with van der Waals surface area (Å²) < 4.78 is 16.0. The predicted molar refractivity (Wildman–Crippen MR) is 128 cm³/mol. The summed E-state index contributed by atoms with van der Waals surface area (Å²) in [4.78, 5) is 4.41. The Morgan fingerprint density at radius 3 is 2.85 bits per heavy atom. The molecule has 0 aliphatic carbocycles. The van der Waals surface area contributed by atoms with E-state index in [1.165, 1.54) is 18.3 Å². The molecule has 0 atom stereocenters. The summed E-state index contributed by atoms with van der Waals surface area (Å²) in [7, 11) is 0. The van der Waals surface area contributed by atoms with Crippen LogP contribution in [-0.4, -0.2) is 31.7 Å². The van der Waals surface area contributed by atoms with Crippen molar-refractivity contribution in [2.75, 3.05) is 17.2 Å². The molecule has 0 saturated carbocycles. The summed E-state index contributed by atoms with van der Waals surface area (Å²) in [5.41, 5.74) is 3.58. The minimum Gasteiger partial charge on any atom is -0.396 e. The van der Waals surface area contributed by atoms with E-state index in [0.717, 1.165) is 15.9 Å². The Labute approximate surface area is 202 Å². The van der Waals surface area contributed by atoms with Crippen LogP contribution in [0, 0.1) is 17.1 Å². The molecule has 33 heavy (non-hydrogen) atoms. The molecular weight excluding hydrogens is 513 g/mol. The minimum atomic E-state index is -0.523. The second-order valence-electron chi connectivity index (χ2n) is 7.17. The third kappa shape index (κ3) is 5.22. The van der Waals surface area contributed by atoms with E-state index in [1.54, 1.807) is 10.7 Å². The van der Waals surface area contributed by atoms with Gasteiger partial charge in [0.05, 0.1) is 34.5 Å². The Bertz CT molecular complexity index is 1350. The molecule has 4 aromatic rings. The molecule has 0 saturated heterocycles. The number of hydrogen-bond acceptors (Lipinski definition) is 7. The van der Waals surface area contributed by atoms with Crippen molar-refractivity contribution in [3.8, 4) is 6.07 Å². The lowest BCUT2D eigenvalue weighted by atomic mass is 10.1. The molecule has 4 rings (SSSR count). The highest BCUT2D eigenvalue weighted by Gasteiger charge is 2.14. The van der Waals surface area contributed by atoms with Gasteiger partial charge < -0.3 is 15.7 Å². The summed E-state index contributed by atoms with van der Waals surface area (Å²) in [5.74, 6) is -0.523. The lowest BCUT2D eigenvalue weighted by molar-refractivity contribution is 0.276. The van der Waals surface area contributed by atoms with Crippen molar-refractivity contribution >= 4 is 55.5 Å². The number of halogens is 3. The molecule has 0 aliphatic heterocycles. The first-order valence-electron chi connectivity index (χ1n) is 9.96. The number of aliphatic hydroxyl groups excluding tert-OH is 1. The Balaban J connectivity index is 1.65. The summed E-state index contributed by atoms with van der Waals surface area (Å²) >= 11 is 9.47. The Kier molecular flexibility index (Phi) is 7.03. The highest BCUT2D eigenvalue weighted by Crippen LogP contribution is 2.35. The van der Waals surface area contributed by atoms with Gasteiger partial charge in [-0.1, -0.05) is 16.8 Å². The number of fused-ring (bicyclic) bond motifs is 1. The van der Waals surface area contributed by atoms with Gasteiger partial charge in [-0.25, -0.2) is 4.39 Å². The van der Waals surface area contributed by atoms with Crippen LogP contribution in [0.3, 0.4) is 0 Å². The maximum atomic E-state index is 13.6. The third-order valence-electron chi connectivity index (χ3n) is 4.84. The van der Waals surface area contributed by atoms with E-state index in [0.29, 0.717) is 47.4 Å². The Hall–Kier alpha value is -3.26. The molecule has 0 unspecified atom stereocenters. The molecule has 2 heterocycles. The van der Waals surface area contributed by atoms with E-state index in [4.69, 9.17) is 16.7 Å². The van der Waals surface area contributed by atoms with Crippen molar-refractivity contribution in [2.24, 2.45) is 0 Å². The fraction of sp³-hybridized carbons (Fsp3) is 0.182. The van der Waals surface area contributed by atoms with Crippen LogP contribution in [0.4, 0.5) is 21.5 Å². The normalized spacial score (nSPS) is 10.9. The number of aryl methyl sites for hydroxylation is 1. The summed E-state index contributed by atoms with van der Waals surface area (Å²) in [6.07, 6.45) is 3.91. The van der Waals surface area contributed by atoms with Gasteiger partial charge in [0.15, 0.2) is 0 Å². The van der Waals surface area contributed by atoms with Crippen molar-refractivity contribution in [2.45, 2.75) is 19.5 Å². The SMILES string of the molecule is N#Cc1cnc2c(Br)cc(NCc3cn(CCCO)nn3)cc2c1Nc1ccc(F)c(Cl)c1. The second-order valence-corrected chi connectivity index (χ2v) is 8.43. The van der Waals surface area contributed by atoms with Gasteiger partial charge in [0.25, 0.3) is 0 Å². The molecule has 0 fully saturated rings. The first kappa shape index (κ1) is 22.9. The Morgan fingerprint density at radius 2 is 2.09 bits per heavy atom. The van der Waals surface area contributed by atoms with E-state index in [1.807, 2.05) is 18.3 Å². The number of aliphatic hydroxyl groups is 1. The predicted octanol–water partition coefficient (Wildman–Crippen LogP) is 4.99. The van der Waals surface area contributed by atoms with Crippen LogP contribution < -0.4 is 10.6 Å². The zero-order chi connectivity index (χ0) is 23.4. The number of hydrogen-bond donors (Lipinski definition) is 3. The summed E-state index contributed by atoms with van der Waals surface area (Å²) in [5, 5.41) is 33.9. The van der Waals surface area contributed by atoms with E-state index in [9.17, 15) is 9.65 Å². The molecule has 0 amide bonds. The van der Waals surface area contributed by atoms with Crippen molar-refractivity contribution in [3.05, 3.63) is 69.3 Å². The van der Waals surface area contributed by atoms with Crippen LogP contribution in [0.5, 0.6) is 0 Å². The second kappa shape index (κ2) is 10.1. The average molecular weight is 531 g/mol. The summed E-state index contributed by atoms with van der Waals surface area (Å²) in [6, 6.07) is 10.2. The van der Waals surface area contributed by atoms with E-state index < -0.39 is 5.82 Å². The van der Waals surface area contributed by atoms with Gasteiger partial charge in [0, 0.05) is 40.6 Å². The molecule has 2 aromatic carbocycles. The van der Waals surface area contributed by atoms with Gasteiger partial charge in [-0.2, -0.15) is 5.26 Å². The summed E-state index contributed by atoms with van der Waals surface area (Å²) in [6.45, 7) is 1.12. The van der Waals surface area contributed by atoms with Crippen LogP contribution in [0.2, 0.25) is 5.02 Å². The van der Waals surface area contributed by atoms with Crippen LogP contribution in [0.15, 0.2) is 47.2 Å². The number of nitrogens with one attached hydrogen (secondary N) is 2. The molecule has 2 aromatic heterocycles. The first-order valence-corrected chi connectivity index (χ1v) is 11.1. The maximum absolute atomic E-state index is 13.6. The molecule has 168 valence electrons. The third-order valence-corrected chi connectivity index (χ3v) is 5.73. The fourth-order valence-electron chi connectivity index (χ4n) is 3.25.